The molecule has 1 atom stereocenters. The van der Waals surface area contributed by atoms with Gasteiger partial charge in [-0.15, -0.1) is 0 Å². The number of ether oxygens (including phenoxy) is 1. The van der Waals surface area contributed by atoms with Crippen LogP contribution in [0.3, 0.4) is 0 Å². The Balaban J connectivity index is 1.85. The minimum atomic E-state index is -0.419. The molecule has 0 aliphatic carbocycles. The van der Waals surface area contributed by atoms with Crippen LogP contribution in [0.4, 0.5) is 5.69 Å². The molecule has 0 bridgehead atoms. The van der Waals surface area contributed by atoms with Gasteiger partial charge in [0, 0.05) is 22.7 Å². The summed E-state index contributed by atoms with van der Waals surface area (Å²) in [6.45, 7) is 0. The van der Waals surface area contributed by atoms with Crippen LogP contribution >= 0.6 is 15.9 Å². The molecule has 0 saturated heterocycles. The van der Waals surface area contributed by atoms with Crippen molar-refractivity contribution in [2.75, 3.05) is 12.1 Å². The molecule has 6 heteroatoms. The van der Waals surface area contributed by atoms with Crippen LogP contribution in [0.1, 0.15) is 23.6 Å². The molecule has 1 aromatic heterocycles. The van der Waals surface area contributed by atoms with Crippen LogP contribution in [0.25, 0.3) is 0 Å². The summed E-state index contributed by atoms with van der Waals surface area (Å²) in [7, 11) is 1.62. The number of halogens is 1. The lowest BCUT2D eigenvalue weighted by Crippen LogP contribution is -2.38. The summed E-state index contributed by atoms with van der Waals surface area (Å²) in [5.74, 6) is 0.170. The quantitative estimate of drug-likeness (QED) is 0.592. The lowest BCUT2D eigenvalue weighted by Gasteiger charge is -2.30. The van der Waals surface area contributed by atoms with Crippen LogP contribution in [0, 0.1) is 0 Å². The summed E-state index contributed by atoms with van der Waals surface area (Å²) in [6, 6.07) is 20.9. The second kappa shape index (κ2) is 7.94. The van der Waals surface area contributed by atoms with Gasteiger partial charge in [0.2, 0.25) is 0 Å². The van der Waals surface area contributed by atoms with Crippen molar-refractivity contribution in [2.45, 2.75) is 12.3 Å². The second-order valence-corrected chi connectivity index (χ2v) is 7.22. The Morgan fingerprint density at radius 2 is 1.79 bits per heavy atom. The van der Waals surface area contributed by atoms with Crippen molar-refractivity contribution in [3.05, 3.63) is 88.7 Å². The number of hydrogen-bond acceptors (Lipinski definition) is 4. The van der Waals surface area contributed by atoms with Crippen LogP contribution in [0.15, 0.2) is 82.5 Å². The second-order valence-electron chi connectivity index (χ2n) is 6.36. The predicted molar refractivity (Wildman–Crippen MR) is 113 cm³/mol. The SMILES string of the molecule is COc1ccccc1C1CC(c2ccccn2)=NN(c2ccccc2Br)C1=O. The number of aromatic nitrogens is 1. The Kier molecular flexibility index (Phi) is 5.21. The first-order valence-corrected chi connectivity index (χ1v) is 9.68. The number of pyridine rings is 1. The van der Waals surface area contributed by atoms with Gasteiger partial charge in [0.25, 0.3) is 5.91 Å². The third-order valence-corrected chi connectivity index (χ3v) is 5.35. The Bertz CT molecular complexity index is 1040. The minimum absolute atomic E-state index is 0.101. The van der Waals surface area contributed by atoms with Gasteiger partial charge in [-0.2, -0.15) is 10.1 Å². The van der Waals surface area contributed by atoms with E-state index in [0.717, 1.165) is 21.4 Å². The Morgan fingerprint density at radius 3 is 2.54 bits per heavy atom. The largest absolute Gasteiger partial charge is 0.496 e. The lowest BCUT2D eigenvalue weighted by atomic mass is 9.89. The molecule has 0 spiro atoms. The predicted octanol–water partition coefficient (Wildman–Crippen LogP) is 4.78. The topological polar surface area (TPSA) is 54.8 Å². The summed E-state index contributed by atoms with van der Waals surface area (Å²) < 4.78 is 6.32. The van der Waals surface area contributed by atoms with Crippen molar-refractivity contribution in [3.63, 3.8) is 0 Å². The number of hydrogen-bond donors (Lipinski definition) is 0. The number of para-hydroxylation sites is 2. The molecule has 140 valence electrons. The number of nitrogens with zero attached hydrogens (tertiary/aromatic N) is 3. The van der Waals surface area contributed by atoms with E-state index in [0.29, 0.717) is 17.9 Å². The van der Waals surface area contributed by atoms with Crippen LogP contribution in [0.2, 0.25) is 0 Å². The average molecular weight is 436 g/mol. The molecule has 4 rings (SSSR count). The average Bonchev–Trinajstić information content (AvgIpc) is 2.75. The monoisotopic (exact) mass is 435 g/mol. The highest BCUT2D eigenvalue weighted by molar-refractivity contribution is 9.10. The van der Waals surface area contributed by atoms with Crippen molar-refractivity contribution >= 4 is 33.2 Å². The summed E-state index contributed by atoms with van der Waals surface area (Å²) in [5.41, 5.74) is 3.05. The van der Waals surface area contributed by atoms with E-state index in [9.17, 15) is 4.79 Å². The zero-order valence-electron chi connectivity index (χ0n) is 15.2. The fourth-order valence-corrected chi connectivity index (χ4v) is 3.77. The van der Waals surface area contributed by atoms with E-state index in [1.54, 1.807) is 13.3 Å². The number of carbonyl (C=O) groups is 1. The lowest BCUT2D eigenvalue weighted by molar-refractivity contribution is -0.120. The Morgan fingerprint density at radius 1 is 1.04 bits per heavy atom. The first-order chi connectivity index (χ1) is 13.7. The maximum atomic E-state index is 13.4. The van der Waals surface area contributed by atoms with E-state index in [4.69, 9.17) is 4.74 Å². The van der Waals surface area contributed by atoms with Crippen LogP contribution in [0.5, 0.6) is 5.75 Å². The van der Waals surface area contributed by atoms with Crippen molar-refractivity contribution in [2.24, 2.45) is 5.10 Å². The summed E-state index contributed by atoms with van der Waals surface area (Å²) >= 11 is 3.54. The van der Waals surface area contributed by atoms with Crippen molar-refractivity contribution in [1.82, 2.24) is 4.98 Å². The number of methoxy groups -OCH3 is 1. The summed E-state index contributed by atoms with van der Waals surface area (Å²) in [6.07, 6.45) is 2.19. The molecule has 1 unspecified atom stereocenters. The van der Waals surface area contributed by atoms with Gasteiger partial charge >= 0.3 is 0 Å². The van der Waals surface area contributed by atoms with E-state index in [1.807, 2.05) is 66.7 Å². The minimum Gasteiger partial charge on any atom is -0.496 e. The number of carbonyl (C=O) groups excluding carboxylic acids is 1. The van der Waals surface area contributed by atoms with Gasteiger partial charge in [0.1, 0.15) is 5.75 Å². The van der Waals surface area contributed by atoms with E-state index < -0.39 is 5.92 Å². The van der Waals surface area contributed by atoms with Gasteiger partial charge in [0.05, 0.1) is 30.1 Å². The van der Waals surface area contributed by atoms with Gasteiger partial charge in [0.15, 0.2) is 0 Å². The molecule has 1 aliphatic rings. The van der Waals surface area contributed by atoms with Crippen LogP contribution in [-0.2, 0) is 4.79 Å². The van der Waals surface area contributed by atoms with Gasteiger partial charge in [-0.25, -0.2) is 0 Å². The number of amides is 1. The highest BCUT2D eigenvalue weighted by Crippen LogP contribution is 2.37. The molecular formula is C22H18BrN3O2. The molecule has 28 heavy (non-hydrogen) atoms. The maximum Gasteiger partial charge on any atom is 0.255 e. The van der Waals surface area contributed by atoms with E-state index in [1.165, 1.54) is 5.01 Å². The standard InChI is InChI=1S/C22H18BrN3O2/c1-28-21-12-5-2-8-15(21)16-14-19(18-10-6-7-13-24-18)25-26(22(16)27)20-11-4-3-9-17(20)23/h2-13,16H,14H2,1H3. The van der Waals surface area contributed by atoms with Crippen LogP contribution < -0.4 is 9.75 Å². The van der Waals surface area contributed by atoms with E-state index >= 15 is 0 Å². The highest BCUT2D eigenvalue weighted by Gasteiger charge is 2.36. The molecule has 0 fully saturated rings. The molecular weight excluding hydrogens is 418 g/mol. The van der Waals surface area contributed by atoms with Crippen molar-refractivity contribution in [3.8, 4) is 5.75 Å². The van der Waals surface area contributed by atoms with Crippen LogP contribution in [-0.4, -0.2) is 23.7 Å². The third kappa shape index (κ3) is 3.43. The van der Waals surface area contributed by atoms with Gasteiger partial charge < -0.3 is 4.74 Å². The highest BCUT2D eigenvalue weighted by atomic mass is 79.9. The van der Waals surface area contributed by atoms with Gasteiger partial charge in [-0.05, 0) is 46.3 Å². The van der Waals surface area contributed by atoms with E-state index in [2.05, 4.69) is 26.0 Å². The Labute approximate surface area is 171 Å². The Hall–Kier alpha value is -2.99. The first-order valence-electron chi connectivity index (χ1n) is 8.89. The van der Waals surface area contributed by atoms with E-state index in [-0.39, 0.29) is 5.91 Å². The molecule has 2 heterocycles. The number of benzene rings is 2. The molecule has 5 nitrogen and oxygen atoms in total. The fraction of sp³-hybridized carbons (Fsp3) is 0.136. The molecule has 1 amide bonds. The van der Waals surface area contributed by atoms with Crippen molar-refractivity contribution < 1.29 is 9.53 Å². The zero-order valence-corrected chi connectivity index (χ0v) is 16.8. The molecule has 0 saturated carbocycles. The fourth-order valence-electron chi connectivity index (χ4n) is 3.32. The maximum absolute atomic E-state index is 13.4. The smallest absolute Gasteiger partial charge is 0.255 e. The first kappa shape index (κ1) is 18.4. The number of rotatable bonds is 4. The third-order valence-electron chi connectivity index (χ3n) is 4.68. The van der Waals surface area contributed by atoms with Gasteiger partial charge in [-0.3, -0.25) is 9.78 Å². The molecule has 2 aromatic carbocycles. The van der Waals surface area contributed by atoms with Gasteiger partial charge in [-0.1, -0.05) is 36.4 Å². The van der Waals surface area contributed by atoms with Crippen molar-refractivity contribution in [1.29, 1.82) is 0 Å². The normalized spacial score (nSPS) is 16.6. The molecule has 0 radical (unpaired) electrons. The number of anilines is 1. The molecule has 1 aliphatic heterocycles. The molecule has 3 aromatic rings. The number of hydrazone groups is 1. The zero-order chi connectivity index (χ0) is 19.5. The summed E-state index contributed by atoms with van der Waals surface area (Å²) in [5, 5.41) is 6.13. The summed E-state index contributed by atoms with van der Waals surface area (Å²) in [4.78, 5) is 17.9. The molecule has 0 N–H and O–H groups in total.